The zero-order valence-electron chi connectivity index (χ0n) is 16.8. The van der Waals surface area contributed by atoms with Crippen LogP contribution in [0, 0.1) is 0 Å². The molecule has 0 atom stereocenters. The van der Waals surface area contributed by atoms with Crippen LogP contribution < -0.4 is 10.1 Å². The summed E-state index contributed by atoms with van der Waals surface area (Å²) in [6, 6.07) is 13.2. The minimum absolute atomic E-state index is 0.116. The van der Waals surface area contributed by atoms with Gasteiger partial charge in [-0.05, 0) is 31.5 Å². The molecular weight excluding hydrogens is 392 g/mol. The molecule has 0 aliphatic rings. The molecule has 0 saturated carbocycles. The van der Waals surface area contributed by atoms with E-state index < -0.39 is 10.0 Å². The van der Waals surface area contributed by atoms with Crippen LogP contribution in [-0.4, -0.2) is 45.1 Å². The molecule has 0 aromatic heterocycles. The fraction of sp³-hybridized carbons (Fsp3) is 0.333. The smallest absolute Gasteiger partial charge is 0.242 e. The number of rotatable bonds is 10. The number of amides is 1. The van der Waals surface area contributed by atoms with E-state index in [1.165, 1.54) is 42.5 Å². The molecule has 0 aliphatic heterocycles. The molecule has 1 N–H and O–H groups in total. The molecule has 0 unspecified atom stereocenters. The molecule has 0 saturated heterocycles. The third-order valence-electron chi connectivity index (χ3n) is 4.51. The maximum absolute atomic E-state index is 12.6. The highest BCUT2D eigenvalue weighted by Gasteiger charge is 2.20. The number of ketones is 1. The van der Waals surface area contributed by atoms with Crippen molar-refractivity contribution in [3.8, 4) is 5.75 Å². The Kier molecular flexibility index (Phi) is 7.92. The zero-order chi connectivity index (χ0) is 21.4. The number of hydrogen-bond acceptors (Lipinski definition) is 5. The molecule has 0 aliphatic carbocycles. The van der Waals surface area contributed by atoms with Gasteiger partial charge in [-0.1, -0.05) is 30.3 Å². The summed E-state index contributed by atoms with van der Waals surface area (Å²) in [5, 5.41) is 2.82. The van der Waals surface area contributed by atoms with Crippen molar-refractivity contribution in [2.24, 2.45) is 0 Å². The Morgan fingerprint density at radius 1 is 1.07 bits per heavy atom. The lowest BCUT2D eigenvalue weighted by atomic mass is 10.2. The first-order chi connectivity index (χ1) is 13.8. The Morgan fingerprint density at radius 3 is 2.34 bits per heavy atom. The first kappa shape index (κ1) is 22.6. The topological polar surface area (TPSA) is 92.8 Å². The predicted octanol–water partition coefficient (Wildman–Crippen LogP) is 2.61. The third kappa shape index (κ3) is 6.13. The van der Waals surface area contributed by atoms with Gasteiger partial charge in [-0.15, -0.1) is 0 Å². The number of nitrogens with one attached hydrogen (secondary N) is 1. The second kappa shape index (κ2) is 10.2. The van der Waals surface area contributed by atoms with Crippen molar-refractivity contribution in [1.29, 1.82) is 0 Å². The van der Waals surface area contributed by atoms with Crippen LogP contribution in [0.4, 0.5) is 0 Å². The number of carbonyl (C=O) groups is 2. The second-order valence-electron chi connectivity index (χ2n) is 6.60. The molecule has 8 heteroatoms. The van der Waals surface area contributed by atoms with Gasteiger partial charge >= 0.3 is 0 Å². The lowest BCUT2D eigenvalue weighted by Crippen LogP contribution is -2.29. The Bertz CT molecular complexity index is 955. The van der Waals surface area contributed by atoms with Crippen LogP contribution >= 0.6 is 0 Å². The molecule has 7 nitrogen and oxygen atoms in total. The van der Waals surface area contributed by atoms with Crippen LogP contribution in [0.25, 0.3) is 0 Å². The van der Waals surface area contributed by atoms with Crippen LogP contribution in [0.5, 0.6) is 5.75 Å². The van der Waals surface area contributed by atoms with Gasteiger partial charge in [-0.3, -0.25) is 9.59 Å². The van der Waals surface area contributed by atoms with Crippen molar-refractivity contribution in [2.45, 2.75) is 31.2 Å². The highest BCUT2D eigenvalue weighted by molar-refractivity contribution is 7.89. The van der Waals surface area contributed by atoms with Crippen molar-refractivity contribution in [3.05, 3.63) is 59.7 Å². The van der Waals surface area contributed by atoms with Crippen molar-refractivity contribution in [3.63, 3.8) is 0 Å². The van der Waals surface area contributed by atoms with Crippen molar-refractivity contribution in [2.75, 3.05) is 20.7 Å². The van der Waals surface area contributed by atoms with Gasteiger partial charge < -0.3 is 10.1 Å². The number of benzene rings is 2. The molecular formula is C21H26N2O5S. The number of nitrogens with zero attached hydrogens (tertiary/aromatic N) is 1. The fourth-order valence-corrected chi connectivity index (χ4v) is 3.96. The van der Waals surface area contributed by atoms with Crippen molar-refractivity contribution >= 4 is 21.7 Å². The van der Waals surface area contributed by atoms with E-state index >= 15 is 0 Å². The summed E-state index contributed by atoms with van der Waals surface area (Å²) in [7, 11) is -0.623. The van der Waals surface area contributed by atoms with E-state index in [1.54, 1.807) is 7.11 Å². The summed E-state index contributed by atoms with van der Waals surface area (Å²) in [4.78, 5) is 23.5. The summed E-state index contributed by atoms with van der Waals surface area (Å²) >= 11 is 0. The third-order valence-corrected chi connectivity index (χ3v) is 6.39. The van der Waals surface area contributed by atoms with Gasteiger partial charge in [0.25, 0.3) is 0 Å². The molecule has 156 valence electrons. The Labute approximate surface area is 171 Å². The molecule has 0 radical (unpaired) electrons. The highest BCUT2D eigenvalue weighted by Crippen LogP contribution is 2.17. The van der Waals surface area contributed by atoms with E-state index in [0.717, 1.165) is 5.56 Å². The minimum atomic E-state index is -3.67. The van der Waals surface area contributed by atoms with Crippen LogP contribution in [0.15, 0.2) is 53.4 Å². The van der Waals surface area contributed by atoms with Crippen molar-refractivity contribution < 1.29 is 22.7 Å². The van der Waals surface area contributed by atoms with Gasteiger partial charge in [-0.25, -0.2) is 12.7 Å². The van der Waals surface area contributed by atoms with E-state index in [0.29, 0.717) is 24.3 Å². The van der Waals surface area contributed by atoms with E-state index in [2.05, 4.69) is 5.32 Å². The first-order valence-corrected chi connectivity index (χ1v) is 10.7. The Morgan fingerprint density at radius 2 is 1.72 bits per heavy atom. The quantitative estimate of drug-likeness (QED) is 0.599. The van der Waals surface area contributed by atoms with Crippen molar-refractivity contribution in [1.82, 2.24) is 9.62 Å². The average Bonchev–Trinajstić information content (AvgIpc) is 2.72. The SMILES string of the molecule is COc1ccccc1CNC(=O)CCCN(C)S(=O)(=O)c1ccc(C(C)=O)cc1. The molecule has 2 aromatic rings. The van der Waals surface area contributed by atoms with Gasteiger partial charge in [-0.2, -0.15) is 0 Å². The maximum Gasteiger partial charge on any atom is 0.242 e. The molecule has 0 heterocycles. The van der Waals surface area contributed by atoms with Gasteiger partial charge in [0.15, 0.2) is 5.78 Å². The summed E-state index contributed by atoms with van der Waals surface area (Å²) in [5.41, 5.74) is 1.33. The molecule has 0 spiro atoms. The summed E-state index contributed by atoms with van der Waals surface area (Å²) in [6.45, 7) is 1.98. The van der Waals surface area contributed by atoms with Gasteiger partial charge in [0.05, 0.1) is 12.0 Å². The van der Waals surface area contributed by atoms with E-state index in [4.69, 9.17) is 4.74 Å². The van der Waals surface area contributed by atoms with E-state index in [-0.39, 0.29) is 29.6 Å². The molecule has 1 amide bonds. The molecule has 2 rings (SSSR count). The monoisotopic (exact) mass is 418 g/mol. The van der Waals surface area contributed by atoms with Crippen LogP contribution in [0.3, 0.4) is 0 Å². The Balaban J connectivity index is 1.84. The molecule has 2 aromatic carbocycles. The number of carbonyl (C=O) groups excluding carboxylic acids is 2. The van der Waals surface area contributed by atoms with E-state index in [9.17, 15) is 18.0 Å². The number of Topliss-reactive ketones (excluding diaryl/α,β-unsaturated/α-hetero) is 1. The normalized spacial score (nSPS) is 11.3. The molecule has 29 heavy (non-hydrogen) atoms. The zero-order valence-corrected chi connectivity index (χ0v) is 17.7. The molecule has 0 fully saturated rings. The number of methoxy groups -OCH3 is 1. The standard InChI is InChI=1S/C21H26N2O5S/c1-16(24)17-10-12-19(13-11-17)29(26,27)23(2)14-6-9-21(25)22-15-18-7-4-5-8-20(18)28-3/h4-5,7-8,10-13H,6,9,14-15H2,1-3H3,(H,22,25). The molecule has 0 bridgehead atoms. The average molecular weight is 419 g/mol. The van der Waals surface area contributed by atoms with E-state index in [1.807, 2.05) is 24.3 Å². The largest absolute Gasteiger partial charge is 0.496 e. The summed E-state index contributed by atoms with van der Waals surface area (Å²) < 4.78 is 31.7. The first-order valence-electron chi connectivity index (χ1n) is 9.21. The summed E-state index contributed by atoms with van der Waals surface area (Å²) in [5.74, 6) is 0.420. The maximum atomic E-state index is 12.6. The number of sulfonamides is 1. The minimum Gasteiger partial charge on any atom is -0.496 e. The predicted molar refractivity (Wildman–Crippen MR) is 110 cm³/mol. The Hall–Kier alpha value is -2.71. The lowest BCUT2D eigenvalue weighted by Gasteiger charge is -2.17. The fourth-order valence-electron chi connectivity index (χ4n) is 2.76. The van der Waals surface area contributed by atoms with Gasteiger partial charge in [0.1, 0.15) is 5.75 Å². The second-order valence-corrected chi connectivity index (χ2v) is 8.64. The number of hydrogen-bond donors (Lipinski definition) is 1. The van der Waals surface area contributed by atoms with Crippen LogP contribution in [0.1, 0.15) is 35.7 Å². The number of ether oxygens (including phenoxy) is 1. The highest BCUT2D eigenvalue weighted by atomic mass is 32.2. The van der Waals surface area contributed by atoms with Gasteiger partial charge in [0, 0.05) is 37.7 Å². The van der Waals surface area contributed by atoms with Crippen LogP contribution in [0.2, 0.25) is 0 Å². The van der Waals surface area contributed by atoms with Crippen LogP contribution in [-0.2, 0) is 21.4 Å². The summed E-state index contributed by atoms with van der Waals surface area (Å²) in [6.07, 6.45) is 0.595. The number of para-hydroxylation sites is 1. The lowest BCUT2D eigenvalue weighted by molar-refractivity contribution is -0.121. The van der Waals surface area contributed by atoms with Gasteiger partial charge in [0.2, 0.25) is 15.9 Å².